The molecule has 2 N–H and O–H groups in total. The Balaban J connectivity index is 2.14. The van der Waals surface area contributed by atoms with Crippen LogP contribution in [0.1, 0.15) is 30.7 Å². The summed E-state index contributed by atoms with van der Waals surface area (Å²) in [6, 6.07) is 6.46. The molecule has 0 spiro atoms. The molecule has 3 nitrogen and oxygen atoms in total. The second-order valence-electron chi connectivity index (χ2n) is 4.46. The Morgan fingerprint density at radius 2 is 2.11 bits per heavy atom. The van der Waals surface area contributed by atoms with Crippen molar-refractivity contribution in [2.24, 2.45) is 0 Å². The smallest absolute Gasteiger partial charge is 0.303 e. The van der Waals surface area contributed by atoms with Crippen LogP contribution in [0.25, 0.3) is 0 Å². The number of halogens is 1. The average Bonchev–Trinajstić information content (AvgIpc) is 2.38. The zero-order valence-corrected chi connectivity index (χ0v) is 10.0. The summed E-state index contributed by atoms with van der Waals surface area (Å²) in [5.41, 5.74) is 2.13. The molecule has 96 valence electrons. The van der Waals surface area contributed by atoms with Gasteiger partial charge in [0, 0.05) is 18.9 Å². The highest BCUT2D eigenvalue weighted by Crippen LogP contribution is 2.32. The number of carboxylic acid groups (broad SMARTS) is 1. The third-order valence-electron chi connectivity index (χ3n) is 3.21. The van der Waals surface area contributed by atoms with Crippen molar-refractivity contribution >= 4 is 5.97 Å². The highest BCUT2D eigenvalue weighted by Gasteiger charge is 2.20. The molecule has 0 aliphatic carbocycles. The highest BCUT2D eigenvalue weighted by molar-refractivity contribution is 5.67. The quantitative estimate of drug-likeness (QED) is 0.862. The summed E-state index contributed by atoms with van der Waals surface area (Å²) in [6.07, 6.45) is 3.48. The van der Waals surface area contributed by atoms with E-state index in [-0.39, 0.29) is 18.2 Å². The minimum absolute atomic E-state index is 0.130. The fraction of sp³-hybridized carbons (Fsp3) is 0.357. The first-order chi connectivity index (χ1) is 8.66. The number of carboxylic acids is 1. The van der Waals surface area contributed by atoms with Gasteiger partial charge < -0.3 is 10.4 Å². The monoisotopic (exact) mass is 249 g/mol. The maximum atomic E-state index is 12.9. The summed E-state index contributed by atoms with van der Waals surface area (Å²) in [5.74, 6) is -0.839. The first-order valence-electron chi connectivity index (χ1n) is 6.06. The molecule has 0 amide bonds. The molecule has 2 rings (SSSR count). The van der Waals surface area contributed by atoms with Gasteiger partial charge in [-0.3, -0.25) is 4.79 Å². The van der Waals surface area contributed by atoms with Crippen LogP contribution in [0.2, 0.25) is 0 Å². The largest absolute Gasteiger partial charge is 0.481 e. The van der Waals surface area contributed by atoms with Gasteiger partial charge in [0.05, 0.1) is 0 Å². The van der Waals surface area contributed by atoms with Crippen molar-refractivity contribution in [3.63, 3.8) is 0 Å². The van der Waals surface area contributed by atoms with Gasteiger partial charge >= 0.3 is 5.97 Å². The number of allylic oxidation sites excluding steroid dienone is 1. The molecule has 1 aromatic carbocycles. The molecule has 18 heavy (non-hydrogen) atoms. The minimum Gasteiger partial charge on any atom is -0.481 e. The predicted molar refractivity (Wildman–Crippen MR) is 66.7 cm³/mol. The molecule has 0 fully saturated rings. The van der Waals surface area contributed by atoms with Crippen molar-refractivity contribution in [3.8, 4) is 0 Å². The molecular formula is C14H16FNO2. The molecule has 0 saturated carbocycles. The molecule has 0 saturated heterocycles. The fourth-order valence-corrected chi connectivity index (χ4v) is 2.29. The Labute approximate surface area is 105 Å². The van der Waals surface area contributed by atoms with Crippen LogP contribution in [0, 0.1) is 5.82 Å². The van der Waals surface area contributed by atoms with Crippen LogP contribution in [0.4, 0.5) is 4.39 Å². The van der Waals surface area contributed by atoms with E-state index < -0.39 is 5.97 Å². The summed E-state index contributed by atoms with van der Waals surface area (Å²) in [5, 5.41) is 11.9. The van der Waals surface area contributed by atoms with Gasteiger partial charge in [-0.25, -0.2) is 4.39 Å². The second kappa shape index (κ2) is 5.67. The van der Waals surface area contributed by atoms with E-state index in [4.69, 9.17) is 5.11 Å². The minimum atomic E-state index is -0.792. The summed E-state index contributed by atoms with van der Waals surface area (Å²) in [7, 11) is 0. The number of benzene rings is 1. The van der Waals surface area contributed by atoms with E-state index in [9.17, 15) is 9.18 Å². The molecular weight excluding hydrogens is 233 g/mol. The summed E-state index contributed by atoms with van der Waals surface area (Å²) in [4.78, 5) is 10.6. The summed E-state index contributed by atoms with van der Waals surface area (Å²) in [6.45, 7) is 0.860. The second-order valence-corrected chi connectivity index (χ2v) is 4.46. The van der Waals surface area contributed by atoms with Crippen LogP contribution in [0.15, 0.2) is 36.0 Å². The molecule has 4 heteroatoms. The molecule has 1 aliphatic heterocycles. The van der Waals surface area contributed by atoms with Crippen LogP contribution in [-0.4, -0.2) is 17.6 Å². The maximum Gasteiger partial charge on any atom is 0.303 e. The van der Waals surface area contributed by atoms with Crippen molar-refractivity contribution in [1.82, 2.24) is 5.32 Å². The number of carbonyl (C=O) groups is 1. The number of hydrogen-bond acceptors (Lipinski definition) is 2. The molecule has 1 aromatic rings. The van der Waals surface area contributed by atoms with Gasteiger partial charge in [0.1, 0.15) is 5.82 Å². The predicted octanol–water partition coefficient (Wildman–Crippen LogP) is 2.65. The zero-order valence-electron chi connectivity index (χ0n) is 10.0. The van der Waals surface area contributed by atoms with Gasteiger partial charge in [0.25, 0.3) is 0 Å². The first kappa shape index (κ1) is 12.6. The topological polar surface area (TPSA) is 49.3 Å². The Morgan fingerprint density at radius 3 is 2.78 bits per heavy atom. The van der Waals surface area contributed by atoms with Gasteiger partial charge in [-0.2, -0.15) is 0 Å². The van der Waals surface area contributed by atoms with E-state index >= 15 is 0 Å². The van der Waals surface area contributed by atoms with E-state index in [2.05, 4.69) is 5.32 Å². The molecule has 1 heterocycles. The summed E-state index contributed by atoms with van der Waals surface area (Å²) >= 11 is 0. The molecule has 1 unspecified atom stereocenters. The van der Waals surface area contributed by atoms with Crippen LogP contribution < -0.4 is 5.32 Å². The third kappa shape index (κ3) is 3.09. The average molecular weight is 249 g/mol. The van der Waals surface area contributed by atoms with E-state index in [0.717, 1.165) is 24.1 Å². The Bertz CT molecular complexity index is 453. The fourth-order valence-electron chi connectivity index (χ4n) is 2.29. The first-order valence-corrected chi connectivity index (χ1v) is 6.06. The Hall–Kier alpha value is -1.84. The number of rotatable bonds is 4. The van der Waals surface area contributed by atoms with Gasteiger partial charge in [0.15, 0.2) is 0 Å². The Kier molecular flexibility index (Phi) is 3.97. The maximum absolute atomic E-state index is 12.9. The Morgan fingerprint density at radius 1 is 1.39 bits per heavy atom. The highest BCUT2D eigenvalue weighted by atomic mass is 19.1. The van der Waals surface area contributed by atoms with Gasteiger partial charge in [-0.15, -0.1) is 0 Å². The van der Waals surface area contributed by atoms with Crippen molar-refractivity contribution < 1.29 is 14.3 Å². The number of nitrogens with one attached hydrogen (secondary N) is 1. The van der Waals surface area contributed by atoms with Crippen molar-refractivity contribution in [1.29, 1.82) is 0 Å². The van der Waals surface area contributed by atoms with Gasteiger partial charge in [-0.05, 0) is 42.3 Å². The molecule has 0 aromatic heterocycles. The van der Waals surface area contributed by atoms with Crippen LogP contribution in [-0.2, 0) is 4.79 Å². The van der Waals surface area contributed by atoms with E-state index in [1.165, 1.54) is 12.1 Å². The van der Waals surface area contributed by atoms with Crippen LogP contribution in [0.5, 0.6) is 0 Å². The van der Waals surface area contributed by atoms with Gasteiger partial charge in [0.2, 0.25) is 0 Å². The lowest BCUT2D eigenvalue weighted by Crippen LogP contribution is -2.21. The van der Waals surface area contributed by atoms with Gasteiger partial charge in [-0.1, -0.05) is 12.1 Å². The van der Waals surface area contributed by atoms with E-state index in [1.807, 2.05) is 6.20 Å². The SMILES string of the molecule is O=C(O)CCC1=CNCCC1c1ccc(F)cc1. The lowest BCUT2D eigenvalue weighted by Gasteiger charge is -2.25. The normalized spacial score (nSPS) is 18.9. The molecule has 0 radical (unpaired) electrons. The third-order valence-corrected chi connectivity index (χ3v) is 3.21. The van der Waals surface area contributed by atoms with Crippen molar-refractivity contribution in [3.05, 3.63) is 47.4 Å². The summed E-state index contributed by atoms with van der Waals surface area (Å²) < 4.78 is 12.9. The standard InChI is InChI=1S/C14H16FNO2/c15-12-4-1-10(2-5-12)13-7-8-16-9-11(13)3-6-14(17)18/h1-2,4-5,9,13,16H,3,6-8H2,(H,17,18). The molecule has 1 atom stereocenters. The lowest BCUT2D eigenvalue weighted by atomic mass is 9.85. The van der Waals surface area contributed by atoms with Crippen molar-refractivity contribution in [2.75, 3.05) is 6.54 Å². The number of hydrogen-bond donors (Lipinski definition) is 2. The molecule has 0 bridgehead atoms. The van der Waals surface area contributed by atoms with E-state index in [0.29, 0.717) is 6.42 Å². The molecule has 1 aliphatic rings. The number of aliphatic carboxylic acids is 1. The lowest BCUT2D eigenvalue weighted by molar-refractivity contribution is -0.136. The van der Waals surface area contributed by atoms with Crippen molar-refractivity contribution in [2.45, 2.75) is 25.2 Å². The van der Waals surface area contributed by atoms with Crippen LogP contribution in [0.3, 0.4) is 0 Å². The van der Waals surface area contributed by atoms with Crippen LogP contribution >= 0.6 is 0 Å². The zero-order chi connectivity index (χ0) is 13.0. The van der Waals surface area contributed by atoms with E-state index in [1.54, 1.807) is 12.1 Å².